The van der Waals surface area contributed by atoms with Crippen LogP contribution in [-0.4, -0.2) is 43.8 Å². The summed E-state index contributed by atoms with van der Waals surface area (Å²) in [5.74, 6) is -0.851. The van der Waals surface area contributed by atoms with E-state index in [9.17, 15) is 18.0 Å². The molecule has 212 valence electrons. The predicted octanol–water partition coefficient (Wildman–Crippen LogP) is 6.32. The van der Waals surface area contributed by atoms with Crippen LogP contribution in [0.3, 0.4) is 0 Å². The Morgan fingerprint density at radius 3 is 2.20 bits per heavy atom. The van der Waals surface area contributed by atoms with E-state index in [0.29, 0.717) is 5.02 Å². The molecular formula is C29H30Cl3N3O4S. The summed E-state index contributed by atoms with van der Waals surface area (Å²) in [4.78, 5) is 28.6. The van der Waals surface area contributed by atoms with Crippen molar-refractivity contribution in [2.24, 2.45) is 0 Å². The number of nitrogens with zero attached hydrogens (tertiary/aromatic N) is 2. The smallest absolute Gasteiger partial charge is 0.264 e. The van der Waals surface area contributed by atoms with Crippen LogP contribution < -0.4 is 9.62 Å². The maximum Gasteiger partial charge on any atom is 0.264 e. The van der Waals surface area contributed by atoms with Crippen molar-refractivity contribution in [1.29, 1.82) is 0 Å². The summed E-state index contributed by atoms with van der Waals surface area (Å²) < 4.78 is 28.6. The lowest BCUT2D eigenvalue weighted by Crippen LogP contribution is -2.52. The van der Waals surface area contributed by atoms with E-state index in [2.05, 4.69) is 5.32 Å². The molecule has 4 rings (SSSR count). The monoisotopic (exact) mass is 621 g/mol. The molecule has 3 aromatic carbocycles. The zero-order valence-corrected chi connectivity index (χ0v) is 25.0. The van der Waals surface area contributed by atoms with E-state index in [0.717, 1.165) is 35.6 Å². The number of hydrogen-bond acceptors (Lipinski definition) is 4. The van der Waals surface area contributed by atoms with Crippen LogP contribution in [0.15, 0.2) is 77.7 Å². The van der Waals surface area contributed by atoms with Crippen LogP contribution in [0.1, 0.15) is 38.2 Å². The first-order chi connectivity index (χ1) is 19.1. The minimum atomic E-state index is -4.19. The third kappa shape index (κ3) is 7.29. The molecule has 1 aliphatic carbocycles. The number of nitrogens with one attached hydrogen (secondary N) is 1. The number of benzene rings is 3. The average Bonchev–Trinajstić information content (AvgIpc) is 3.46. The van der Waals surface area contributed by atoms with Crippen LogP contribution in [0.2, 0.25) is 15.1 Å². The van der Waals surface area contributed by atoms with E-state index in [-0.39, 0.29) is 39.1 Å². The molecular weight excluding hydrogens is 593 g/mol. The minimum absolute atomic E-state index is 0.00477. The van der Waals surface area contributed by atoms with Crippen molar-refractivity contribution >= 4 is 62.3 Å². The highest BCUT2D eigenvalue weighted by molar-refractivity contribution is 7.92. The van der Waals surface area contributed by atoms with Gasteiger partial charge in [-0.3, -0.25) is 13.9 Å². The summed E-state index contributed by atoms with van der Waals surface area (Å²) in [5.41, 5.74) is 0.909. The van der Waals surface area contributed by atoms with Crippen LogP contribution >= 0.6 is 34.8 Å². The van der Waals surface area contributed by atoms with Crippen LogP contribution in [0.25, 0.3) is 0 Å². The van der Waals surface area contributed by atoms with Gasteiger partial charge in [0.25, 0.3) is 10.0 Å². The third-order valence-electron chi connectivity index (χ3n) is 6.94. The second-order valence-electron chi connectivity index (χ2n) is 9.74. The highest BCUT2D eigenvalue weighted by Gasteiger charge is 2.33. The maximum absolute atomic E-state index is 14.0. The third-order valence-corrected chi connectivity index (χ3v) is 9.72. The van der Waals surface area contributed by atoms with Crippen LogP contribution in [0, 0.1) is 0 Å². The number of hydrogen-bond donors (Lipinski definition) is 1. The highest BCUT2D eigenvalue weighted by Crippen LogP contribution is 2.31. The lowest BCUT2D eigenvalue weighted by molar-refractivity contribution is -0.139. The van der Waals surface area contributed by atoms with Gasteiger partial charge in [-0.25, -0.2) is 8.42 Å². The van der Waals surface area contributed by atoms with Gasteiger partial charge in [-0.1, -0.05) is 78.0 Å². The largest absolute Gasteiger partial charge is 0.352 e. The molecule has 3 aromatic rings. The number of amides is 2. The van der Waals surface area contributed by atoms with Gasteiger partial charge < -0.3 is 10.2 Å². The molecule has 1 unspecified atom stereocenters. The first kappa shape index (κ1) is 30.2. The minimum Gasteiger partial charge on any atom is -0.352 e. The van der Waals surface area contributed by atoms with Gasteiger partial charge in [0.15, 0.2) is 0 Å². The number of halogens is 3. The Hall–Kier alpha value is -2.78. The van der Waals surface area contributed by atoms with Gasteiger partial charge in [0.05, 0.1) is 20.6 Å². The highest BCUT2D eigenvalue weighted by atomic mass is 35.5. The SMILES string of the molecule is CC(C(=O)NC1CCCC1)N(Cc1ccc(Cl)cc1)C(=O)CN(c1ccc(Cl)c(Cl)c1)S(=O)(=O)c1ccccc1. The molecule has 0 heterocycles. The first-order valence-corrected chi connectivity index (χ1v) is 15.5. The van der Waals surface area contributed by atoms with Gasteiger partial charge in [-0.2, -0.15) is 0 Å². The van der Waals surface area contributed by atoms with E-state index in [1.165, 1.54) is 35.2 Å². The number of sulfonamides is 1. The van der Waals surface area contributed by atoms with Crippen molar-refractivity contribution in [1.82, 2.24) is 10.2 Å². The maximum atomic E-state index is 14.0. The predicted molar refractivity (Wildman–Crippen MR) is 159 cm³/mol. The Morgan fingerprint density at radius 1 is 0.925 bits per heavy atom. The van der Waals surface area contributed by atoms with E-state index in [4.69, 9.17) is 34.8 Å². The Morgan fingerprint density at radius 2 is 1.57 bits per heavy atom. The van der Waals surface area contributed by atoms with Crippen molar-refractivity contribution in [3.63, 3.8) is 0 Å². The van der Waals surface area contributed by atoms with Gasteiger partial charge in [0, 0.05) is 17.6 Å². The van der Waals surface area contributed by atoms with E-state index in [1.807, 2.05) is 0 Å². The molecule has 0 aliphatic heterocycles. The molecule has 1 fully saturated rings. The lowest BCUT2D eigenvalue weighted by atomic mass is 10.1. The van der Waals surface area contributed by atoms with Crippen molar-refractivity contribution in [3.8, 4) is 0 Å². The fraction of sp³-hybridized carbons (Fsp3) is 0.310. The summed E-state index contributed by atoms with van der Waals surface area (Å²) in [6, 6.07) is 18.3. The van der Waals surface area contributed by atoms with Crippen molar-refractivity contribution in [2.75, 3.05) is 10.8 Å². The van der Waals surface area contributed by atoms with E-state index in [1.54, 1.807) is 49.4 Å². The molecule has 40 heavy (non-hydrogen) atoms. The van der Waals surface area contributed by atoms with Crippen molar-refractivity contribution < 1.29 is 18.0 Å². The summed E-state index contributed by atoms with van der Waals surface area (Å²) in [7, 11) is -4.19. The van der Waals surface area contributed by atoms with Crippen molar-refractivity contribution in [2.45, 2.75) is 56.1 Å². The second-order valence-corrected chi connectivity index (χ2v) is 12.9. The molecule has 0 bridgehead atoms. The quantitative estimate of drug-likeness (QED) is 0.287. The zero-order chi connectivity index (χ0) is 28.9. The summed E-state index contributed by atoms with van der Waals surface area (Å²) >= 11 is 18.4. The Balaban J connectivity index is 1.69. The molecule has 0 saturated heterocycles. The molecule has 1 aliphatic rings. The molecule has 1 N–H and O–H groups in total. The van der Waals surface area contributed by atoms with E-state index >= 15 is 0 Å². The number of rotatable bonds is 10. The summed E-state index contributed by atoms with van der Waals surface area (Å²) in [5, 5.41) is 3.97. The molecule has 0 radical (unpaired) electrons. The van der Waals surface area contributed by atoms with Gasteiger partial charge in [-0.15, -0.1) is 0 Å². The normalized spacial score (nSPS) is 14.5. The topological polar surface area (TPSA) is 86.8 Å². The van der Waals surface area contributed by atoms with Gasteiger partial charge in [0.2, 0.25) is 11.8 Å². The molecule has 11 heteroatoms. The number of anilines is 1. The second kappa shape index (κ2) is 13.3. The number of carbonyl (C=O) groups excluding carboxylic acids is 2. The van der Waals surface area contributed by atoms with Gasteiger partial charge in [-0.05, 0) is 67.8 Å². The first-order valence-electron chi connectivity index (χ1n) is 12.9. The molecule has 0 spiro atoms. The van der Waals surface area contributed by atoms with Crippen LogP contribution in [0.4, 0.5) is 5.69 Å². The molecule has 1 saturated carbocycles. The molecule has 0 aromatic heterocycles. The standard InChI is InChI=1S/C29H30Cl3N3O4S/c1-20(29(37)33-23-7-5-6-8-23)34(18-21-11-13-22(30)14-12-21)28(36)19-35(24-15-16-26(31)27(32)17-24)40(38,39)25-9-3-2-4-10-25/h2-4,9-17,20,23H,5-8,18-19H2,1H3,(H,33,37). The molecule has 2 amide bonds. The lowest BCUT2D eigenvalue weighted by Gasteiger charge is -2.32. The van der Waals surface area contributed by atoms with Crippen molar-refractivity contribution in [3.05, 3.63) is 93.4 Å². The van der Waals surface area contributed by atoms with Gasteiger partial charge in [0.1, 0.15) is 12.6 Å². The Bertz CT molecular complexity index is 1450. The summed E-state index contributed by atoms with van der Waals surface area (Å²) in [6.07, 6.45) is 3.87. The van der Waals surface area contributed by atoms with E-state index < -0.39 is 28.5 Å². The van der Waals surface area contributed by atoms with Crippen LogP contribution in [-0.2, 0) is 26.2 Å². The fourth-order valence-corrected chi connectivity index (χ4v) is 6.50. The zero-order valence-electron chi connectivity index (χ0n) is 21.9. The number of carbonyl (C=O) groups is 2. The fourth-order valence-electron chi connectivity index (χ4n) is 4.65. The van der Waals surface area contributed by atoms with Crippen LogP contribution in [0.5, 0.6) is 0 Å². The summed E-state index contributed by atoms with van der Waals surface area (Å²) in [6.45, 7) is 1.16. The Kier molecular flexibility index (Phi) is 10.0. The molecule has 7 nitrogen and oxygen atoms in total. The van der Waals surface area contributed by atoms with Gasteiger partial charge >= 0.3 is 0 Å². The molecule has 1 atom stereocenters. The Labute approximate surface area is 250 Å². The average molecular weight is 623 g/mol.